The zero-order valence-corrected chi connectivity index (χ0v) is 17.0. The molecular formula is C20H22N2O8. The number of nitrogens with one attached hydrogen (secondary N) is 1. The predicted octanol–water partition coefficient (Wildman–Crippen LogP) is 3.19. The van der Waals surface area contributed by atoms with Crippen LogP contribution in [-0.2, 0) is 9.53 Å². The smallest absolute Gasteiger partial charge is 0.346 e. The Morgan fingerprint density at radius 3 is 2.23 bits per heavy atom. The monoisotopic (exact) mass is 418 g/mol. The molecule has 0 spiro atoms. The van der Waals surface area contributed by atoms with Crippen LogP contribution in [0.3, 0.4) is 0 Å². The lowest BCUT2D eigenvalue weighted by atomic mass is 10.1. The minimum absolute atomic E-state index is 0.0852. The van der Waals surface area contributed by atoms with Gasteiger partial charge in [0.1, 0.15) is 11.3 Å². The minimum atomic E-state index is -1.21. The Morgan fingerprint density at radius 1 is 1.10 bits per heavy atom. The van der Waals surface area contributed by atoms with Gasteiger partial charge in [-0.05, 0) is 38.1 Å². The summed E-state index contributed by atoms with van der Waals surface area (Å²) in [6.45, 7) is 3.73. The highest BCUT2D eigenvalue weighted by atomic mass is 16.6. The number of carbonyl (C=O) groups is 2. The molecule has 10 nitrogen and oxygen atoms in total. The van der Waals surface area contributed by atoms with Crippen molar-refractivity contribution in [2.75, 3.05) is 26.1 Å². The number of nitro benzene ring substituents is 1. The molecule has 1 atom stereocenters. The van der Waals surface area contributed by atoms with E-state index in [1.54, 1.807) is 24.3 Å². The first-order valence-electron chi connectivity index (χ1n) is 8.95. The van der Waals surface area contributed by atoms with Crippen molar-refractivity contribution >= 4 is 23.3 Å². The summed E-state index contributed by atoms with van der Waals surface area (Å²) in [7, 11) is 2.64. The number of amides is 1. The molecule has 0 saturated heterocycles. The summed E-state index contributed by atoms with van der Waals surface area (Å²) in [5.41, 5.74) is -0.418. The van der Waals surface area contributed by atoms with Gasteiger partial charge in [-0.3, -0.25) is 14.9 Å². The standard InChI is InChI=1S/C20H22N2O8/c1-5-29-14-8-6-13(7-9-14)21-19(23)12(2)30-20(24)15-10-17(27-3)18(28-4)11-16(15)22(25)26/h6-12H,5H2,1-4H3,(H,21,23). The van der Waals surface area contributed by atoms with Gasteiger partial charge in [0, 0.05) is 11.8 Å². The van der Waals surface area contributed by atoms with Crippen molar-refractivity contribution in [3.8, 4) is 17.2 Å². The van der Waals surface area contributed by atoms with Crippen LogP contribution in [0.25, 0.3) is 0 Å². The average molecular weight is 418 g/mol. The normalized spacial score (nSPS) is 11.2. The summed E-state index contributed by atoms with van der Waals surface area (Å²) in [4.78, 5) is 35.4. The van der Waals surface area contributed by atoms with Crippen molar-refractivity contribution < 1.29 is 33.5 Å². The summed E-state index contributed by atoms with van der Waals surface area (Å²) in [5.74, 6) is -0.799. The Bertz CT molecular complexity index is 927. The zero-order chi connectivity index (χ0) is 22.3. The molecule has 0 fully saturated rings. The lowest BCUT2D eigenvalue weighted by molar-refractivity contribution is -0.385. The van der Waals surface area contributed by atoms with Crippen molar-refractivity contribution in [3.05, 3.63) is 52.1 Å². The van der Waals surface area contributed by atoms with Crippen LogP contribution in [0.5, 0.6) is 17.2 Å². The van der Waals surface area contributed by atoms with Gasteiger partial charge < -0.3 is 24.3 Å². The molecule has 1 N–H and O–H groups in total. The number of hydrogen-bond donors (Lipinski definition) is 1. The van der Waals surface area contributed by atoms with Gasteiger partial charge in [-0.25, -0.2) is 4.79 Å². The molecule has 0 aliphatic rings. The second kappa shape index (κ2) is 10.1. The highest BCUT2D eigenvalue weighted by Gasteiger charge is 2.28. The average Bonchev–Trinajstić information content (AvgIpc) is 2.73. The number of ether oxygens (including phenoxy) is 4. The molecule has 10 heteroatoms. The number of rotatable bonds is 9. The van der Waals surface area contributed by atoms with Crippen molar-refractivity contribution in [1.29, 1.82) is 0 Å². The number of nitro groups is 1. The Kier molecular flexibility index (Phi) is 7.56. The molecule has 2 aromatic carbocycles. The Morgan fingerprint density at radius 2 is 1.70 bits per heavy atom. The van der Waals surface area contributed by atoms with Crippen molar-refractivity contribution in [2.45, 2.75) is 20.0 Å². The predicted molar refractivity (Wildman–Crippen MR) is 107 cm³/mol. The Hall–Kier alpha value is -3.82. The van der Waals surface area contributed by atoms with E-state index in [9.17, 15) is 19.7 Å². The van der Waals surface area contributed by atoms with Crippen LogP contribution in [0, 0.1) is 10.1 Å². The number of benzene rings is 2. The first-order chi connectivity index (χ1) is 14.3. The molecule has 0 aromatic heterocycles. The summed E-state index contributed by atoms with van der Waals surface area (Å²) >= 11 is 0. The molecule has 0 radical (unpaired) electrons. The molecule has 0 aliphatic carbocycles. The Balaban J connectivity index is 2.14. The van der Waals surface area contributed by atoms with Crippen LogP contribution in [0.2, 0.25) is 0 Å². The lowest BCUT2D eigenvalue weighted by Gasteiger charge is -2.15. The van der Waals surface area contributed by atoms with Crippen LogP contribution < -0.4 is 19.5 Å². The fourth-order valence-electron chi connectivity index (χ4n) is 2.51. The second-order valence-corrected chi connectivity index (χ2v) is 5.98. The molecule has 30 heavy (non-hydrogen) atoms. The van der Waals surface area contributed by atoms with Gasteiger partial charge in [-0.15, -0.1) is 0 Å². The molecule has 1 unspecified atom stereocenters. The fraction of sp³-hybridized carbons (Fsp3) is 0.300. The van der Waals surface area contributed by atoms with E-state index in [2.05, 4.69) is 5.32 Å². The number of nitrogens with zero attached hydrogens (tertiary/aromatic N) is 1. The van der Waals surface area contributed by atoms with E-state index < -0.39 is 28.6 Å². The van der Waals surface area contributed by atoms with Gasteiger partial charge in [-0.2, -0.15) is 0 Å². The maximum atomic E-state index is 12.5. The van der Waals surface area contributed by atoms with E-state index in [4.69, 9.17) is 18.9 Å². The van der Waals surface area contributed by atoms with Gasteiger partial charge in [-0.1, -0.05) is 0 Å². The maximum Gasteiger partial charge on any atom is 0.346 e. The highest BCUT2D eigenvalue weighted by molar-refractivity contribution is 5.99. The number of hydrogen-bond acceptors (Lipinski definition) is 8. The van der Waals surface area contributed by atoms with E-state index in [1.807, 2.05) is 6.92 Å². The molecule has 160 valence electrons. The number of anilines is 1. The Labute approximate surface area is 172 Å². The van der Waals surface area contributed by atoms with Gasteiger partial charge in [0.15, 0.2) is 17.6 Å². The van der Waals surface area contributed by atoms with E-state index in [0.29, 0.717) is 18.0 Å². The highest BCUT2D eigenvalue weighted by Crippen LogP contribution is 2.35. The molecule has 2 aromatic rings. The van der Waals surface area contributed by atoms with Crippen LogP contribution in [0.1, 0.15) is 24.2 Å². The molecular weight excluding hydrogens is 396 g/mol. The van der Waals surface area contributed by atoms with E-state index in [-0.39, 0.29) is 17.1 Å². The summed E-state index contributed by atoms with van der Waals surface area (Å²) in [6.07, 6.45) is -1.21. The molecule has 0 saturated carbocycles. The second-order valence-electron chi connectivity index (χ2n) is 5.98. The van der Waals surface area contributed by atoms with Gasteiger partial charge in [0.05, 0.1) is 31.8 Å². The van der Waals surface area contributed by atoms with E-state index >= 15 is 0 Å². The molecule has 0 heterocycles. The molecule has 2 rings (SSSR count). The lowest BCUT2D eigenvalue weighted by Crippen LogP contribution is -2.30. The SMILES string of the molecule is CCOc1ccc(NC(=O)C(C)OC(=O)c2cc(OC)c(OC)cc2[N+](=O)[O-])cc1. The van der Waals surface area contributed by atoms with Crippen molar-refractivity contribution in [1.82, 2.24) is 0 Å². The number of methoxy groups -OCH3 is 2. The van der Waals surface area contributed by atoms with Crippen molar-refractivity contribution in [3.63, 3.8) is 0 Å². The first-order valence-corrected chi connectivity index (χ1v) is 8.95. The number of esters is 1. The van der Waals surface area contributed by atoms with Gasteiger partial charge in [0.2, 0.25) is 0 Å². The van der Waals surface area contributed by atoms with E-state index in [0.717, 1.165) is 12.1 Å². The quantitative estimate of drug-likeness (QED) is 0.374. The van der Waals surface area contributed by atoms with Crippen LogP contribution in [0.4, 0.5) is 11.4 Å². The molecule has 0 aliphatic heterocycles. The van der Waals surface area contributed by atoms with Crippen LogP contribution >= 0.6 is 0 Å². The fourth-order valence-corrected chi connectivity index (χ4v) is 2.51. The molecule has 0 bridgehead atoms. The third-order valence-corrected chi connectivity index (χ3v) is 4.00. The molecule has 1 amide bonds. The van der Waals surface area contributed by atoms with Crippen LogP contribution in [-0.4, -0.2) is 43.7 Å². The minimum Gasteiger partial charge on any atom is -0.494 e. The summed E-state index contributed by atoms with van der Waals surface area (Å²) < 4.78 is 20.5. The third-order valence-electron chi connectivity index (χ3n) is 4.00. The maximum absolute atomic E-state index is 12.5. The van der Waals surface area contributed by atoms with Gasteiger partial charge in [0.25, 0.3) is 11.6 Å². The van der Waals surface area contributed by atoms with Crippen molar-refractivity contribution in [2.24, 2.45) is 0 Å². The van der Waals surface area contributed by atoms with E-state index in [1.165, 1.54) is 21.1 Å². The largest absolute Gasteiger partial charge is 0.494 e. The van der Waals surface area contributed by atoms with Gasteiger partial charge >= 0.3 is 5.97 Å². The summed E-state index contributed by atoms with van der Waals surface area (Å²) in [6, 6.07) is 8.83. The number of carbonyl (C=O) groups excluding carboxylic acids is 2. The third kappa shape index (κ3) is 5.37. The first kappa shape index (κ1) is 22.5. The topological polar surface area (TPSA) is 126 Å². The zero-order valence-electron chi connectivity index (χ0n) is 17.0. The summed E-state index contributed by atoms with van der Waals surface area (Å²) in [5, 5.41) is 13.9. The van der Waals surface area contributed by atoms with Crippen LogP contribution in [0.15, 0.2) is 36.4 Å².